The Kier molecular flexibility index (Phi) is 24.6. The maximum atomic E-state index is 5.81. The van der Waals surface area contributed by atoms with E-state index >= 15 is 0 Å². The fraction of sp³-hybridized carbons (Fsp3) is 0.140. The first kappa shape index (κ1) is 88.2. The molecular weight excluding hydrogens is 1860 g/mol. The van der Waals surface area contributed by atoms with Gasteiger partial charge in [-0.15, -0.1) is 24.3 Å². The molecule has 10 aromatic heterocycles. The summed E-state index contributed by atoms with van der Waals surface area (Å²) in [5, 5.41) is 14.0. The molecule has 0 saturated carbocycles. The molecule has 1 radical (unpaired) electrons. The molecule has 3 atom stereocenters. The van der Waals surface area contributed by atoms with E-state index in [-0.39, 0.29) is 38.4 Å². The second-order valence-corrected chi connectivity index (χ2v) is 35.1. The summed E-state index contributed by atoms with van der Waals surface area (Å²) in [5.74, 6) is 0. The van der Waals surface area contributed by atoms with Crippen LogP contribution in [0.15, 0.2) is 371 Å². The molecule has 25 aromatic rings. The normalized spacial score (nSPS) is 12.4. The molecule has 673 valence electrons. The molecule has 25 rings (SSSR count). The minimum atomic E-state index is 0. The number of fused-ring (bicyclic) bond motifs is 24. The van der Waals surface area contributed by atoms with Crippen molar-refractivity contribution < 1.29 is 34.3 Å². The molecule has 0 aliphatic rings. The van der Waals surface area contributed by atoms with Crippen molar-refractivity contribution in [1.82, 2.24) is 57.3 Å². The van der Waals surface area contributed by atoms with Gasteiger partial charge in [0, 0.05) is 142 Å². The number of hydrogen-bond acceptors (Lipinski definition) is 9. The van der Waals surface area contributed by atoms with Gasteiger partial charge in [0.15, 0.2) is 0 Å². The van der Waals surface area contributed by atoms with Crippen molar-refractivity contribution >= 4 is 153 Å². The average Bonchev–Trinajstić information content (AvgIpc) is 1.68. The van der Waals surface area contributed by atoms with E-state index in [1.54, 1.807) is 33.7 Å². The SMILES string of the molecule is CCC(Cc1cc(-n2c3ccccc3c3ncccc32)cc(-n2c3ccccc3c3ncccc32)c1)OC.CCC(Cc1ccc(-n2cnc3c4[c-]ccnc4c4c(C)cccc4c32)cc1)OC.CCC(Cc1cccc(-n2c3ccccc3c3cc(-c4cccc(-n5c6ccccc6c6ccccc65)c4)ccc32)c1)OC.Cc1cccc2c1c1ncc[c-]c1c1ncn(-c3ccccc3)c21.[Ir]. The zero-order valence-electron chi connectivity index (χ0n) is 77.6. The van der Waals surface area contributed by atoms with E-state index in [0.29, 0.717) is 0 Å². The summed E-state index contributed by atoms with van der Waals surface area (Å²) in [6.07, 6.45) is 17.4. The molecule has 0 aliphatic heterocycles. The minimum absolute atomic E-state index is 0. The number of nitrogens with zero attached hydrogens (tertiary/aromatic N) is 12. The number of aromatic nitrogens is 12. The first-order valence-corrected chi connectivity index (χ1v) is 46.9. The average molecular weight is 1960 g/mol. The van der Waals surface area contributed by atoms with Crippen LogP contribution in [0.25, 0.3) is 198 Å². The van der Waals surface area contributed by atoms with Gasteiger partial charge in [-0.1, -0.05) is 243 Å². The van der Waals surface area contributed by atoms with Crippen molar-refractivity contribution in [3.63, 3.8) is 0 Å². The minimum Gasteiger partial charge on any atom is -0.381 e. The van der Waals surface area contributed by atoms with Crippen LogP contribution in [0.5, 0.6) is 0 Å². The van der Waals surface area contributed by atoms with E-state index in [2.05, 4.69) is 375 Å². The Labute approximate surface area is 807 Å². The maximum Gasteiger partial charge on any atom is 0.0963 e. The number of aryl methyl sites for hydroxylation is 2. The molecule has 0 aliphatic carbocycles. The number of para-hydroxylation sites is 6. The van der Waals surface area contributed by atoms with Crippen molar-refractivity contribution in [3.05, 3.63) is 411 Å². The van der Waals surface area contributed by atoms with Crippen LogP contribution in [0.1, 0.15) is 67.9 Å². The molecule has 0 saturated heterocycles. The van der Waals surface area contributed by atoms with Gasteiger partial charge in [0.05, 0.1) is 86.1 Å². The number of methoxy groups -OCH3 is 3. The van der Waals surface area contributed by atoms with Gasteiger partial charge in [-0.2, -0.15) is 0 Å². The van der Waals surface area contributed by atoms with Crippen LogP contribution in [0.3, 0.4) is 0 Å². The van der Waals surface area contributed by atoms with Gasteiger partial charge in [-0.25, -0.2) is 0 Å². The number of imidazole rings is 2. The Morgan fingerprint density at radius 3 is 1.14 bits per heavy atom. The fourth-order valence-corrected chi connectivity index (χ4v) is 20.6. The van der Waals surface area contributed by atoms with Crippen LogP contribution in [0, 0.1) is 26.0 Å². The van der Waals surface area contributed by atoms with E-state index in [4.69, 9.17) is 34.1 Å². The molecular formula is C121H100IrN12O3-2. The van der Waals surface area contributed by atoms with Crippen molar-refractivity contribution in [2.24, 2.45) is 0 Å². The summed E-state index contributed by atoms with van der Waals surface area (Å²) in [6, 6.07) is 125. The monoisotopic (exact) mass is 1960 g/mol. The first-order chi connectivity index (χ1) is 67.0. The van der Waals surface area contributed by atoms with Gasteiger partial charge in [0.25, 0.3) is 0 Å². The zero-order chi connectivity index (χ0) is 92.0. The van der Waals surface area contributed by atoms with Gasteiger partial charge >= 0.3 is 0 Å². The van der Waals surface area contributed by atoms with Crippen LogP contribution < -0.4 is 0 Å². The standard InChI is InChI=1S/C41H34N2O.C33H28N4O.C26H24N3O.C21H14N3.Ir/c1-3-33(44-2)25-28-12-10-14-31(24-28)42-40-21-9-6-18-36(40)37-27-30(22-23-41(37)42)29-13-11-15-32(26-29)43-38-19-7-4-16-34(38)35-17-5-8-20-39(35)43;1-3-25(38-2)20-22-18-23(36-28-12-6-4-10-26(28)32-30(36)14-8-16-34-32)21-24(19-22)37-29-13-7-5-11-27(29)33-31(37)15-9-17-35-33;1-4-20(30-3)15-18-10-12-19(13-11-18)29-16-28-25-22-9-6-14-27-24(22)23-17(2)7-5-8-21(23)26(25)29;1-14-7-5-10-16-18(14)19-17(11-6-12-22-19)20-21(16)24(13-23-20)15-8-3-2-4-9-15;/h4-24,26-27,33H,3,25H2,1-2H3;4-19,21,25H,3,20H2,1-2H3;5-8,10-14,16,20H,4,15H2,1-3H3;2-10,12-13H,1H3;/q;;2*-1;. The van der Waals surface area contributed by atoms with Crippen LogP contribution in [0.2, 0.25) is 0 Å². The van der Waals surface area contributed by atoms with Crippen molar-refractivity contribution in [3.8, 4) is 45.3 Å². The predicted octanol–water partition coefficient (Wildman–Crippen LogP) is 28.8. The summed E-state index contributed by atoms with van der Waals surface area (Å²) in [5.41, 5.74) is 32.8. The maximum absolute atomic E-state index is 5.81. The Bertz CT molecular complexity index is 8530. The zero-order valence-corrected chi connectivity index (χ0v) is 80.0. The van der Waals surface area contributed by atoms with E-state index in [0.717, 1.165) is 154 Å². The molecule has 16 heteroatoms. The molecule has 0 amide bonds. The molecule has 137 heavy (non-hydrogen) atoms. The van der Waals surface area contributed by atoms with Crippen LogP contribution in [-0.4, -0.2) is 96.9 Å². The van der Waals surface area contributed by atoms with Crippen molar-refractivity contribution in [2.45, 2.75) is 91.5 Å². The Hall–Kier alpha value is -15.4. The second-order valence-electron chi connectivity index (χ2n) is 35.1. The molecule has 10 heterocycles. The topological polar surface area (TPSA) is 135 Å². The molecule has 15 nitrogen and oxygen atoms in total. The molecule has 0 fully saturated rings. The van der Waals surface area contributed by atoms with Gasteiger partial charge in [-0.05, 0) is 246 Å². The fourth-order valence-electron chi connectivity index (χ4n) is 20.6. The predicted molar refractivity (Wildman–Crippen MR) is 561 cm³/mol. The largest absolute Gasteiger partial charge is 0.381 e. The smallest absolute Gasteiger partial charge is 0.0963 e. The summed E-state index contributed by atoms with van der Waals surface area (Å²) >= 11 is 0. The quantitative estimate of drug-likeness (QED) is 0.0573. The summed E-state index contributed by atoms with van der Waals surface area (Å²) in [6.45, 7) is 10.8. The second kappa shape index (κ2) is 38.2. The van der Waals surface area contributed by atoms with Crippen molar-refractivity contribution in [2.75, 3.05) is 21.3 Å². The van der Waals surface area contributed by atoms with Crippen molar-refractivity contribution in [1.29, 1.82) is 0 Å². The van der Waals surface area contributed by atoms with E-state index in [9.17, 15) is 0 Å². The summed E-state index contributed by atoms with van der Waals surface area (Å²) in [7, 11) is 5.39. The van der Waals surface area contributed by atoms with Gasteiger partial charge in [0.1, 0.15) is 0 Å². The molecule has 15 aromatic carbocycles. The Balaban J connectivity index is 0.000000111. The van der Waals surface area contributed by atoms with E-state index in [1.165, 1.54) is 110 Å². The number of rotatable bonds is 19. The third-order valence-electron chi connectivity index (χ3n) is 27.2. The number of pyridine rings is 4. The first-order valence-electron chi connectivity index (χ1n) is 46.9. The van der Waals surface area contributed by atoms with Gasteiger partial charge in [0.2, 0.25) is 0 Å². The number of ether oxygens (including phenoxy) is 3. The third kappa shape index (κ3) is 16.1. The molecule has 0 spiro atoms. The molecule has 0 N–H and O–H groups in total. The van der Waals surface area contributed by atoms with E-state index in [1.807, 2.05) is 67.5 Å². The molecule has 3 unspecified atom stereocenters. The molecule has 0 bridgehead atoms. The number of hydrogen-bond donors (Lipinski definition) is 0. The van der Waals surface area contributed by atoms with Crippen LogP contribution in [0.4, 0.5) is 0 Å². The Morgan fingerprint density at radius 2 is 0.642 bits per heavy atom. The summed E-state index contributed by atoms with van der Waals surface area (Å²) in [4.78, 5) is 28.3. The van der Waals surface area contributed by atoms with Gasteiger partial charge < -0.3 is 51.6 Å². The Morgan fingerprint density at radius 1 is 0.270 bits per heavy atom. The van der Waals surface area contributed by atoms with E-state index < -0.39 is 0 Å². The van der Waals surface area contributed by atoms with Gasteiger partial charge in [-0.3, -0.25) is 19.9 Å². The number of benzene rings is 15. The van der Waals surface area contributed by atoms with Crippen LogP contribution in [-0.2, 0) is 53.6 Å². The van der Waals surface area contributed by atoms with Crippen LogP contribution >= 0.6 is 0 Å². The summed E-state index contributed by atoms with van der Waals surface area (Å²) < 4.78 is 30.8. The third-order valence-corrected chi connectivity index (χ3v) is 27.2.